The smallest absolute Gasteiger partial charge is 0.258 e. The lowest BCUT2D eigenvalue weighted by atomic mass is 10.0. The molecule has 1 N–H and O–H groups in total. The normalized spacial score (nSPS) is 11.7. The zero-order valence-corrected chi connectivity index (χ0v) is 14.4. The molecule has 6 nitrogen and oxygen atoms in total. The molecule has 0 saturated heterocycles. The first kappa shape index (κ1) is 17.1. The number of hydrogen-bond donors (Lipinski definition) is 1. The van der Waals surface area contributed by atoms with Gasteiger partial charge in [-0.2, -0.15) is 4.98 Å². The van der Waals surface area contributed by atoms with Gasteiger partial charge in [-0.25, -0.2) is 0 Å². The molecule has 0 spiro atoms. The van der Waals surface area contributed by atoms with E-state index in [1.165, 1.54) is 12.5 Å². The molecular weight excluding hydrogens is 292 g/mol. The molecule has 1 aromatic carbocycles. The minimum absolute atomic E-state index is 0.132. The van der Waals surface area contributed by atoms with Gasteiger partial charge in [-0.1, -0.05) is 17.3 Å². The molecule has 2 aromatic rings. The summed E-state index contributed by atoms with van der Waals surface area (Å²) in [5.41, 5.74) is 1.44. The van der Waals surface area contributed by atoms with Crippen molar-refractivity contribution in [3.8, 4) is 11.5 Å². The molecule has 1 amide bonds. The van der Waals surface area contributed by atoms with Crippen molar-refractivity contribution in [1.82, 2.24) is 20.4 Å². The van der Waals surface area contributed by atoms with Crippen molar-refractivity contribution in [3.05, 3.63) is 35.7 Å². The van der Waals surface area contributed by atoms with Gasteiger partial charge in [-0.3, -0.25) is 4.79 Å². The van der Waals surface area contributed by atoms with Crippen molar-refractivity contribution in [2.45, 2.75) is 32.7 Å². The molecule has 0 atom stereocenters. The van der Waals surface area contributed by atoms with Gasteiger partial charge in [0.05, 0.1) is 5.54 Å². The number of nitrogens with zero attached hydrogens (tertiary/aromatic N) is 3. The molecular formula is C17H24N4O2. The van der Waals surface area contributed by atoms with Crippen molar-refractivity contribution in [2.24, 2.45) is 0 Å². The van der Waals surface area contributed by atoms with Crippen LogP contribution in [0.25, 0.3) is 11.5 Å². The average molecular weight is 316 g/mol. The van der Waals surface area contributed by atoms with Crippen LogP contribution in [0.2, 0.25) is 0 Å². The van der Waals surface area contributed by atoms with E-state index in [4.69, 9.17) is 4.52 Å². The quantitative estimate of drug-likeness (QED) is 0.884. The molecule has 0 aliphatic heterocycles. The molecule has 0 unspecified atom stereocenters. The van der Waals surface area contributed by atoms with Crippen molar-refractivity contribution < 1.29 is 9.32 Å². The van der Waals surface area contributed by atoms with E-state index in [1.54, 1.807) is 0 Å². The highest BCUT2D eigenvalue weighted by atomic mass is 16.5. The first-order valence-corrected chi connectivity index (χ1v) is 7.65. The first-order valence-electron chi connectivity index (χ1n) is 7.65. The van der Waals surface area contributed by atoms with E-state index in [9.17, 15) is 4.79 Å². The maximum absolute atomic E-state index is 11.3. The summed E-state index contributed by atoms with van der Waals surface area (Å²) in [6, 6.07) is 8.09. The number of aromatic nitrogens is 2. The van der Waals surface area contributed by atoms with Crippen molar-refractivity contribution in [2.75, 3.05) is 20.6 Å². The fraction of sp³-hybridized carbons (Fsp3) is 0.471. The minimum atomic E-state index is -0.671. The third kappa shape index (κ3) is 4.63. The van der Waals surface area contributed by atoms with Crippen LogP contribution in [0.4, 0.5) is 0 Å². The highest BCUT2D eigenvalue weighted by molar-refractivity contribution is 5.73. The fourth-order valence-electron chi connectivity index (χ4n) is 2.30. The van der Waals surface area contributed by atoms with Gasteiger partial charge >= 0.3 is 0 Å². The largest absolute Gasteiger partial charge is 0.344 e. The van der Waals surface area contributed by atoms with Gasteiger partial charge in [0.1, 0.15) is 0 Å². The van der Waals surface area contributed by atoms with Gasteiger partial charge in [0.2, 0.25) is 5.91 Å². The Hall–Kier alpha value is -2.21. The van der Waals surface area contributed by atoms with Crippen LogP contribution in [0.3, 0.4) is 0 Å². The van der Waals surface area contributed by atoms with Gasteiger partial charge in [0.15, 0.2) is 5.82 Å². The Morgan fingerprint density at radius 3 is 2.74 bits per heavy atom. The van der Waals surface area contributed by atoms with Gasteiger partial charge in [0.25, 0.3) is 5.89 Å². The second-order valence-corrected chi connectivity index (χ2v) is 6.48. The van der Waals surface area contributed by atoms with Crippen molar-refractivity contribution in [3.63, 3.8) is 0 Å². The lowest BCUT2D eigenvalue weighted by Crippen LogP contribution is -2.40. The zero-order valence-electron chi connectivity index (χ0n) is 14.4. The summed E-state index contributed by atoms with van der Waals surface area (Å²) < 4.78 is 5.38. The molecule has 2 rings (SSSR count). The Labute approximate surface area is 136 Å². The van der Waals surface area contributed by atoms with Crippen LogP contribution < -0.4 is 5.32 Å². The SMILES string of the molecule is CC(=O)NC(C)(C)c1noc(-c2cccc(CCN(C)C)c2)n1. The topological polar surface area (TPSA) is 71.3 Å². The molecule has 6 heteroatoms. The fourth-order valence-corrected chi connectivity index (χ4v) is 2.30. The lowest BCUT2D eigenvalue weighted by molar-refractivity contribution is -0.120. The monoisotopic (exact) mass is 316 g/mol. The Kier molecular flexibility index (Phi) is 5.15. The van der Waals surface area contributed by atoms with Gasteiger partial charge < -0.3 is 14.7 Å². The van der Waals surface area contributed by atoms with Crippen LogP contribution >= 0.6 is 0 Å². The van der Waals surface area contributed by atoms with E-state index in [0.29, 0.717) is 11.7 Å². The van der Waals surface area contributed by atoms with E-state index in [1.807, 2.05) is 26.0 Å². The highest BCUT2D eigenvalue weighted by Crippen LogP contribution is 2.23. The molecule has 1 aromatic heterocycles. The predicted molar refractivity (Wildman–Crippen MR) is 88.8 cm³/mol. The molecule has 23 heavy (non-hydrogen) atoms. The number of amides is 1. The molecule has 0 saturated carbocycles. The first-order chi connectivity index (χ1) is 10.8. The summed E-state index contributed by atoms with van der Waals surface area (Å²) in [7, 11) is 4.11. The standard InChI is InChI=1S/C17H24N4O2/c1-12(22)19-17(2,3)16-18-15(23-20-16)14-8-6-7-13(11-14)9-10-21(4)5/h6-8,11H,9-10H2,1-5H3,(H,19,22). The average Bonchev–Trinajstić information content (AvgIpc) is 2.95. The van der Waals surface area contributed by atoms with Gasteiger partial charge in [-0.15, -0.1) is 0 Å². The zero-order chi connectivity index (χ0) is 17.0. The number of benzene rings is 1. The van der Waals surface area contributed by atoms with Crippen LogP contribution in [-0.4, -0.2) is 41.6 Å². The van der Waals surface area contributed by atoms with Crippen LogP contribution in [0, 0.1) is 0 Å². The maximum atomic E-state index is 11.3. The molecule has 124 valence electrons. The molecule has 0 bridgehead atoms. The lowest BCUT2D eigenvalue weighted by Gasteiger charge is -2.20. The molecule has 0 fully saturated rings. The number of carbonyl (C=O) groups excluding carboxylic acids is 1. The van der Waals surface area contributed by atoms with Crippen LogP contribution in [0.15, 0.2) is 28.8 Å². The summed E-state index contributed by atoms with van der Waals surface area (Å²) in [4.78, 5) is 17.9. The Morgan fingerprint density at radius 2 is 2.09 bits per heavy atom. The van der Waals surface area contributed by atoms with Crippen LogP contribution in [0.1, 0.15) is 32.2 Å². The second-order valence-electron chi connectivity index (χ2n) is 6.48. The van der Waals surface area contributed by atoms with E-state index >= 15 is 0 Å². The summed E-state index contributed by atoms with van der Waals surface area (Å²) in [5.74, 6) is 0.790. The number of carbonyl (C=O) groups is 1. The molecule has 1 heterocycles. The van der Waals surface area contributed by atoms with E-state index in [0.717, 1.165) is 18.5 Å². The molecule has 0 radical (unpaired) electrons. The summed E-state index contributed by atoms with van der Waals surface area (Å²) in [5, 5.41) is 6.83. The number of rotatable bonds is 6. The Bertz CT molecular complexity index is 677. The van der Waals surface area contributed by atoms with Gasteiger partial charge in [-0.05, 0) is 52.1 Å². The predicted octanol–water partition coefficient (Wildman–Crippen LogP) is 2.21. The Morgan fingerprint density at radius 1 is 1.35 bits per heavy atom. The summed E-state index contributed by atoms with van der Waals surface area (Å²) in [6.07, 6.45) is 0.958. The van der Waals surface area contributed by atoms with E-state index < -0.39 is 5.54 Å². The van der Waals surface area contributed by atoms with Crippen LogP contribution in [-0.2, 0) is 16.8 Å². The summed E-state index contributed by atoms with van der Waals surface area (Å²) in [6.45, 7) is 6.14. The van der Waals surface area contributed by atoms with Crippen molar-refractivity contribution >= 4 is 5.91 Å². The third-order valence-corrected chi connectivity index (χ3v) is 3.50. The number of likely N-dealkylation sites (N-methyl/N-ethyl adjacent to an activating group) is 1. The maximum Gasteiger partial charge on any atom is 0.258 e. The van der Waals surface area contributed by atoms with Crippen molar-refractivity contribution in [1.29, 1.82) is 0 Å². The van der Waals surface area contributed by atoms with E-state index in [2.05, 4.69) is 46.6 Å². The summed E-state index contributed by atoms with van der Waals surface area (Å²) >= 11 is 0. The van der Waals surface area contributed by atoms with Gasteiger partial charge in [0, 0.05) is 19.0 Å². The highest BCUT2D eigenvalue weighted by Gasteiger charge is 2.27. The number of nitrogens with one attached hydrogen (secondary N) is 1. The molecule has 0 aliphatic carbocycles. The number of hydrogen-bond acceptors (Lipinski definition) is 5. The van der Waals surface area contributed by atoms with E-state index in [-0.39, 0.29) is 5.91 Å². The Balaban J connectivity index is 2.20. The minimum Gasteiger partial charge on any atom is -0.344 e. The van der Waals surface area contributed by atoms with Crippen LogP contribution in [0.5, 0.6) is 0 Å². The third-order valence-electron chi connectivity index (χ3n) is 3.50. The molecule has 0 aliphatic rings. The second kappa shape index (κ2) is 6.91.